The van der Waals surface area contributed by atoms with E-state index in [9.17, 15) is 0 Å². The van der Waals surface area contributed by atoms with Crippen molar-refractivity contribution in [2.75, 3.05) is 34.4 Å². The lowest BCUT2D eigenvalue weighted by molar-refractivity contribution is 0.368. The second-order valence-corrected chi connectivity index (χ2v) is 7.16. The molecule has 0 spiro atoms. The van der Waals surface area contributed by atoms with Crippen LogP contribution in [0.15, 0.2) is 23.3 Å². The average Bonchev–Trinajstić information content (AvgIpc) is 3.19. The Bertz CT molecular complexity index is 758. The van der Waals surface area contributed by atoms with Crippen molar-refractivity contribution in [3.05, 3.63) is 33.8 Å². The van der Waals surface area contributed by atoms with Gasteiger partial charge in [-0.2, -0.15) is 0 Å². The summed E-state index contributed by atoms with van der Waals surface area (Å²) >= 11 is 1.71. The molecule has 7 nitrogen and oxygen atoms in total. The fraction of sp³-hybridized carbons (Fsp3) is 0.500. The largest absolute Gasteiger partial charge is 0.496 e. The third kappa shape index (κ3) is 7.54. The van der Waals surface area contributed by atoms with Crippen LogP contribution in [-0.4, -0.2) is 45.4 Å². The van der Waals surface area contributed by atoms with E-state index >= 15 is 0 Å². The lowest BCUT2D eigenvalue weighted by atomic mass is 10.1. The van der Waals surface area contributed by atoms with E-state index in [1.165, 1.54) is 4.88 Å². The van der Waals surface area contributed by atoms with Gasteiger partial charge in [0.15, 0.2) is 5.96 Å². The fourth-order valence-corrected chi connectivity index (χ4v) is 3.49. The summed E-state index contributed by atoms with van der Waals surface area (Å²) in [6, 6.07) is 3.73. The number of aromatic nitrogens is 1. The molecule has 162 valence electrons. The minimum atomic E-state index is 0. The van der Waals surface area contributed by atoms with Crippen LogP contribution < -0.4 is 24.8 Å². The van der Waals surface area contributed by atoms with Crippen molar-refractivity contribution in [1.82, 2.24) is 15.6 Å². The van der Waals surface area contributed by atoms with Crippen molar-refractivity contribution in [2.45, 2.75) is 33.2 Å². The van der Waals surface area contributed by atoms with Crippen molar-refractivity contribution >= 4 is 41.3 Å². The Hall–Kier alpha value is -1.75. The monoisotopic (exact) mass is 534 g/mol. The molecule has 1 aromatic heterocycles. The van der Waals surface area contributed by atoms with Crippen molar-refractivity contribution in [3.8, 4) is 17.2 Å². The first kappa shape index (κ1) is 25.3. The van der Waals surface area contributed by atoms with Crippen molar-refractivity contribution < 1.29 is 14.2 Å². The summed E-state index contributed by atoms with van der Waals surface area (Å²) in [5.74, 6) is 2.96. The molecule has 0 saturated carbocycles. The zero-order valence-corrected chi connectivity index (χ0v) is 20.9. The van der Waals surface area contributed by atoms with Crippen LogP contribution >= 0.6 is 35.3 Å². The van der Waals surface area contributed by atoms with Crippen LogP contribution in [-0.2, 0) is 19.4 Å². The van der Waals surface area contributed by atoms with Crippen LogP contribution in [0.3, 0.4) is 0 Å². The van der Waals surface area contributed by atoms with Crippen LogP contribution in [0.1, 0.15) is 29.3 Å². The molecule has 0 amide bonds. The standard InChI is InChI=1S/C20H30N4O3S.HI/c1-6-15-12-23-19(28-15)13-24-20(21-7-2)22-9-8-16-17(26-4)10-14(25-3)11-18(16)27-5;/h10-12H,6-9,13H2,1-5H3,(H2,21,22,24);1H. The highest BCUT2D eigenvalue weighted by Gasteiger charge is 2.13. The first-order valence-corrected chi connectivity index (χ1v) is 10.2. The lowest BCUT2D eigenvalue weighted by Crippen LogP contribution is -2.38. The highest BCUT2D eigenvalue weighted by Crippen LogP contribution is 2.34. The van der Waals surface area contributed by atoms with Gasteiger partial charge in [-0.25, -0.2) is 9.98 Å². The Kier molecular flexibility index (Phi) is 11.7. The van der Waals surface area contributed by atoms with E-state index in [1.54, 1.807) is 32.7 Å². The van der Waals surface area contributed by atoms with Crippen molar-refractivity contribution in [2.24, 2.45) is 4.99 Å². The zero-order valence-electron chi connectivity index (χ0n) is 17.7. The van der Waals surface area contributed by atoms with E-state index in [-0.39, 0.29) is 24.0 Å². The summed E-state index contributed by atoms with van der Waals surface area (Å²) in [5, 5.41) is 7.65. The molecule has 0 saturated heterocycles. The second kappa shape index (κ2) is 13.5. The van der Waals surface area contributed by atoms with Crippen molar-refractivity contribution in [1.29, 1.82) is 0 Å². The molecule has 1 heterocycles. The third-order valence-corrected chi connectivity index (χ3v) is 5.28. The molecule has 0 aliphatic heterocycles. The summed E-state index contributed by atoms with van der Waals surface area (Å²) in [5.41, 5.74) is 0.988. The molecular weight excluding hydrogens is 503 g/mol. The number of aliphatic imine (C=N–C) groups is 1. The Morgan fingerprint density at radius 2 is 1.76 bits per heavy atom. The molecule has 0 bridgehead atoms. The van der Waals surface area contributed by atoms with Crippen LogP contribution in [0.4, 0.5) is 0 Å². The topological polar surface area (TPSA) is 77.0 Å². The normalized spacial score (nSPS) is 10.9. The first-order chi connectivity index (χ1) is 13.6. The fourth-order valence-electron chi connectivity index (χ4n) is 2.70. The summed E-state index contributed by atoms with van der Waals surface area (Å²) in [4.78, 5) is 10.3. The molecule has 0 unspecified atom stereocenters. The predicted molar refractivity (Wildman–Crippen MR) is 130 cm³/mol. The van der Waals surface area contributed by atoms with E-state index in [4.69, 9.17) is 14.2 Å². The van der Waals surface area contributed by atoms with E-state index < -0.39 is 0 Å². The van der Waals surface area contributed by atoms with Crippen LogP contribution in [0.2, 0.25) is 0 Å². The van der Waals surface area contributed by atoms with Gasteiger partial charge >= 0.3 is 0 Å². The second-order valence-electron chi connectivity index (χ2n) is 5.96. The van der Waals surface area contributed by atoms with Gasteiger partial charge < -0.3 is 24.8 Å². The minimum Gasteiger partial charge on any atom is -0.496 e. The van der Waals surface area contributed by atoms with E-state index in [0.717, 1.165) is 47.4 Å². The summed E-state index contributed by atoms with van der Waals surface area (Å²) < 4.78 is 16.3. The van der Waals surface area contributed by atoms with E-state index in [0.29, 0.717) is 18.8 Å². The summed E-state index contributed by atoms with van der Waals surface area (Å²) in [7, 11) is 4.92. The number of hydrogen-bond donors (Lipinski definition) is 2. The molecule has 2 N–H and O–H groups in total. The molecule has 0 atom stereocenters. The van der Waals surface area contributed by atoms with Gasteiger partial charge in [0.05, 0.1) is 27.9 Å². The number of benzene rings is 1. The molecule has 9 heteroatoms. The van der Waals surface area contributed by atoms with Gasteiger partial charge in [0.1, 0.15) is 22.3 Å². The average molecular weight is 534 g/mol. The number of nitrogens with one attached hydrogen (secondary N) is 2. The third-order valence-electron chi connectivity index (χ3n) is 4.15. The molecule has 0 radical (unpaired) electrons. The highest BCUT2D eigenvalue weighted by atomic mass is 127. The van der Waals surface area contributed by atoms with Gasteiger partial charge in [0.25, 0.3) is 0 Å². The van der Waals surface area contributed by atoms with Crippen molar-refractivity contribution in [3.63, 3.8) is 0 Å². The molecule has 1 aromatic carbocycles. The van der Waals surface area contributed by atoms with E-state index in [2.05, 4.69) is 27.5 Å². The van der Waals surface area contributed by atoms with Crippen LogP contribution in [0.25, 0.3) is 0 Å². The maximum atomic E-state index is 5.51. The molecule has 29 heavy (non-hydrogen) atoms. The van der Waals surface area contributed by atoms with Gasteiger partial charge in [-0.1, -0.05) is 6.92 Å². The van der Waals surface area contributed by atoms with Gasteiger partial charge in [0.2, 0.25) is 0 Å². The Balaban J connectivity index is 0.00000420. The lowest BCUT2D eigenvalue weighted by Gasteiger charge is -2.16. The Morgan fingerprint density at radius 3 is 2.28 bits per heavy atom. The smallest absolute Gasteiger partial charge is 0.191 e. The van der Waals surface area contributed by atoms with Gasteiger partial charge in [-0.15, -0.1) is 35.3 Å². The molecule has 0 aliphatic carbocycles. The van der Waals surface area contributed by atoms with Crippen LogP contribution in [0, 0.1) is 0 Å². The number of ether oxygens (including phenoxy) is 3. The summed E-state index contributed by atoms with van der Waals surface area (Å²) in [6.45, 7) is 6.22. The number of methoxy groups -OCH3 is 3. The Morgan fingerprint density at radius 1 is 1.07 bits per heavy atom. The molecule has 0 aliphatic rings. The number of halogens is 1. The highest BCUT2D eigenvalue weighted by molar-refractivity contribution is 14.0. The first-order valence-electron chi connectivity index (χ1n) is 9.39. The number of guanidine groups is 1. The molecule has 2 rings (SSSR count). The quantitative estimate of drug-likeness (QED) is 0.276. The number of nitrogens with zero attached hydrogens (tertiary/aromatic N) is 2. The number of thiazole rings is 1. The van der Waals surface area contributed by atoms with E-state index in [1.807, 2.05) is 25.3 Å². The van der Waals surface area contributed by atoms with Gasteiger partial charge in [-0.05, 0) is 19.8 Å². The number of hydrogen-bond acceptors (Lipinski definition) is 6. The molecule has 2 aromatic rings. The molecular formula is C20H31IN4O3S. The predicted octanol–water partition coefficient (Wildman–Crippen LogP) is 3.65. The number of aryl methyl sites for hydroxylation is 1. The Labute approximate surface area is 194 Å². The summed E-state index contributed by atoms with van der Waals surface area (Å²) in [6.07, 6.45) is 3.65. The van der Waals surface area contributed by atoms with Gasteiger partial charge in [0, 0.05) is 41.9 Å². The van der Waals surface area contributed by atoms with Gasteiger partial charge in [-0.3, -0.25) is 0 Å². The zero-order chi connectivity index (χ0) is 20.4. The molecule has 0 fully saturated rings. The maximum Gasteiger partial charge on any atom is 0.191 e. The SMILES string of the molecule is CCNC(=NCc1ncc(CC)s1)NCCc1c(OC)cc(OC)cc1OC.I. The van der Waals surface area contributed by atoms with Crippen LogP contribution in [0.5, 0.6) is 17.2 Å². The minimum absolute atomic E-state index is 0. The maximum absolute atomic E-state index is 5.51. The number of rotatable bonds is 10.